The topological polar surface area (TPSA) is 57.5 Å². The summed E-state index contributed by atoms with van der Waals surface area (Å²) in [5.41, 5.74) is 0.339. The molecule has 3 nitrogen and oxygen atoms in total. The maximum absolute atomic E-state index is 10.5. The fourth-order valence-electron chi connectivity index (χ4n) is 1.73. The molecule has 3 heteroatoms. The predicted octanol–water partition coefficient (Wildman–Crippen LogP) is 1.57. The van der Waals surface area contributed by atoms with Crippen molar-refractivity contribution in [2.45, 2.75) is 38.7 Å². The number of hydrogen-bond acceptors (Lipinski definition) is 2. The van der Waals surface area contributed by atoms with Crippen LogP contribution in [0.3, 0.4) is 0 Å². The van der Waals surface area contributed by atoms with Crippen LogP contribution in [0.5, 0.6) is 0 Å². The minimum atomic E-state index is -0.891. The Morgan fingerprint density at radius 3 is 2.54 bits per heavy atom. The zero-order valence-corrected chi connectivity index (χ0v) is 7.86. The molecule has 1 fully saturated rings. The minimum absolute atomic E-state index is 0.0462. The fraction of sp³-hybridized carbons (Fsp3) is 0.700. The van der Waals surface area contributed by atoms with Gasteiger partial charge in [0.25, 0.3) is 0 Å². The van der Waals surface area contributed by atoms with Crippen molar-refractivity contribution in [3.8, 4) is 0 Å². The summed E-state index contributed by atoms with van der Waals surface area (Å²) in [5, 5.41) is 18.2. The standard InChI is InChI=1S/C10H16O3/c1-7(10(12)13)6-8-4-2-3-5-9(8)11/h6,8-9,11H,2-5H2,1H3,(H,12,13)/b7-6+. The maximum atomic E-state index is 10.5. The van der Waals surface area contributed by atoms with Gasteiger partial charge in [0.05, 0.1) is 6.10 Å². The normalized spacial score (nSPS) is 30.2. The first kappa shape index (κ1) is 10.3. The molecule has 1 aliphatic rings. The lowest BCUT2D eigenvalue weighted by molar-refractivity contribution is -0.132. The molecular formula is C10H16O3. The van der Waals surface area contributed by atoms with E-state index in [4.69, 9.17) is 5.11 Å². The van der Waals surface area contributed by atoms with Gasteiger partial charge in [-0.25, -0.2) is 4.79 Å². The van der Waals surface area contributed by atoms with E-state index in [-0.39, 0.29) is 12.0 Å². The van der Waals surface area contributed by atoms with Crippen LogP contribution in [-0.4, -0.2) is 22.3 Å². The average molecular weight is 184 g/mol. The quantitative estimate of drug-likeness (QED) is 0.640. The van der Waals surface area contributed by atoms with Crippen LogP contribution in [0.15, 0.2) is 11.6 Å². The summed E-state index contributed by atoms with van der Waals surface area (Å²) >= 11 is 0. The summed E-state index contributed by atoms with van der Waals surface area (Å²) in [6, 6.07) is 0. The summed E-state index contributed by atoms with van der Waals surface area (Å²) in [6.07, 6.45) is 5.19. The van der Waals surface area contributed by atoms with Crippen LogP contribution in [0.1, 0.15) is 32.6 Å². The van der Waals surface area contributed by atoms with Gasteiger partial charge in [-0.1, -0.05) is 18.9 Å². The smallest absolute Gasteiger partial charge is 0.330 e. The first-order chi connectivity index (χ1) is 6.11. The lowest BCUT2D eigenvalue weighted by Crippen LogP contribution is -2.23. The molecule has 74 valence electrons. The molecule has 2 unspecified atom stereocenters. The molecule has 0 amide bonds. The van der Waals surface area contributed by atoms with Gasteiger partial charge in [0, 0.05) is 11.5 Å². The molecule has 2 N–H and O–H groups in total. The van der Waals surface area contributed by atoms with Crippen molar-refractivity contribution < 1.29 is 15.0 Å². The van der Waals surface area contributed by atoms with Gasteiger partial charge in [-0.15, -0.1) is 0 Å². The molecule has 2 atom stereocenters. The third-order valence-corrected chi connectivity index (χ3v) is 2.58. The van der Waals surface area contributed by atoms with Gasteiger partial charge in [0.2, 0.25) is 0 Å². The van der Waals surface area contributed by atoms with Crippen molar-refractivity contribution >= 4 is 5.97 Å². The molecule has 0 heterocycles. The van der Waals surface area contributed by atoms with E-state index in [2.05, 4.69) is 0 Å². The highest BCUT2D eigenvalue weighted by Crippen LogP contribution is 2.26. The first-order valence-electron chi connectivity index (χ1n) is 4.71. The monoisotopic (exact) mass is 184 g/mol. The van der Waals surface area contributed by atoms with Gasteiger partial charge < -0.3 is 10.2 Å². The number of aliphatic hydroxyl groups excluding tert-OH is 1. The molecule has 0 radical (unpaired) electrons. The van der Waals surface area contributed by atoms with E-state index >= 15 is 0 Å². The SMILES string of the molecule is C/C(=C\C1CCCCC1O)C(=O)O. The minimum Gasteiger partial charge on any atom is -0.478 e. The molecule has 1 rings (SSSR count). The van der Waals surface area contributed by atoms with Crippen LogP contribution in [0.25, 0.3) is 0 Å². The van der Waals surface area contributed by atoms with Gasteiger partial charge in [-0.05, 0) is 19.8 Å². The largest absolute Gasteiger partial charge is 0.478 e. The Balaban J connectivity index is 2.60. The van der Waals surface area contributed by atoms with E-state index in [0.29, 0.717) is 5.57 Å². The summed E-state index contributed by atoms with van der Waals surface area (Å²) in [5.74, 6) is -0.845. The molecule has 1 saturated carbocycles. The number of carboxylic acid groups (broad SMARTS) is 1. The van der Waals surface area contributed by atoms with Crippen molar-refractivity contribution in [1.29, 1.82) is 0 Å². The lowest BCUT2D eigenvalue weighted by atomic mass is 9.85. The van der Waals surface area contributed by atoms with E-state index in [0.717, 1.165) is 25.7 Å². The van der Waals surface area contributed by atoms with Crippen molar-refractivity contribution in [3.63, 3.8) is 0 Å². The van der Waals surface area contributed by atoms with Crippen molar-refractivity contribution in [2.24, 2.45) is 5.92 Å². The molecule has 0 aromatic carbocycles. The Labute approximate surface area is 78.1 Å². The summed E-state index contributed by atoms with van der Waals surface area (Å²) in [6.45, 7) is 1.57. The predicted molar refractivity (Wildman–Crippen MR) is 49.4 cm³/mol. The van der Waals surface area contributed by atoms with Crippen LogP contribution < -0.4 is 0 Å². The second-order valence-electron chi connectivity index (χ2n) is 3.67. The van der Waals surface area contributed by atoms with E-state index in [9.17, 15) is 9.90 Å². The van der Waals surface area contributed by atoms with Crippen LogP contribution >= 0.6 is 0 Å². The van der Waals surface area contributed by atoms with Gasteiger partial charge in [-0.3, -0.25) is 0 Å². The zero-order chi connectivity index (χ0) is 9.84. The van der Waals surface area contributed by atoms with Crippen molar-refractivity contribution in [3.05, 3.63) is 11.6 Å². The number of aliphatic carboxylic acids is 1. The van der Waals surface area contributed by atoms with Crippen molar-refractivity contribution in [2.75, 3.05) is 0 Å². The highest BCUT2D eigenvalue weighted by Gasteiger charge is 2.21. The molecule has 0 aromatic heterocycles. The first-order valence-corrected chi connectivity index (χ1v) is 4.71. The number of carboxylic acids is 1. The summed E-state index contributed by atoms with van der Waals surface area (Å²) < 4.78 is 0. The summed E-state index contributed by atoms with van der Waals surface area (Å²) in [7, 11) is 0. The van der Waals surface area contributed by atoms with Crippen LogP contribution in [0.4, 0.5) is 0 Å². The fourth-order valence-corrected chi connectivity index (χ4v) is 1.73. The maximum Gasteiger partial charge on any atom is 0.330 e. The van der Waals surface area contributed by atoms with Gasteiger partial charge in [-0.2, -0.15) is 0 Å². The van der Waals surface area contributed by atoms with Crippen LogP contribution in [0, 0.1) is 5.92 Å². The van der Waals surface area contributed by atoms with E-state index in [1.54, 1.807) is 13.0 Å². The van der Waals surface area contributed by atoms with Gasteiger partial charge in [0.1, 0.15) is 0 Å². The Kier molecular flexibility index (Phi) is 3.48. The number of carbonyl (C=O) groups is 1. The molecule has 0 aromatic rings. The lowest BCUT2D eigenvalue weighted by Gasteiger charge is -2.25. The summed E-state index contributed by atoms with van der Waals surface area (Å²) in [4.78, 5) is 10.5. The number of hydrogen-bond donors (Lipinski definition) is 2. The van der Waals surface area contributed by atoms with E-state index in [1.807, 2.05) is 0 Å². The number of aliphatic hydroxyl groups is 1. The van der Waals surface area contributed by atoms with Gasteiger partial charge in [0.15, 0.2) is 0 Å². The van der Waals surface area contributed by atoms with E-state index in [1.165, 1.54) is 0 Å². The van der Waals surface area contributed by atoms with Crippen molar-refractivity contribution in [1.82, 2.24) is 0 Å². The van der Waals surface area contributed by atoms with Crippen LogP contribution in [-0.2, 0) is 4.79 Å². The molecule has 13 heavy (non-hydrogen) atoms. The van der Waals surface area contributed by atoms with Gasteiger partial charge >= 0.3 is 5.97 Å². The molecule has 0 spiro atoms. The molecule has 0 aliphatic heterocycles. The second kappa shape index (κ2) is 4.42. The molecule has 0 saturated heterocycles. The highest BCUT2D eigenvalue weighted by molar-refractivity contribution is 5.85. The molecule has 0 bridgehead atoms. The highest BCUT2D eigenvalue weighted by atomic mass is 16.4. The third-order valence-electron chi connectivity index (χ3n) is 2.58. The zero-order valence-electron chi connectivity index (χ0n) is 7.86. The Bertz CT molecular complexity index is 220. The Morgan fingerprint density at radius 2 is 2.00 bits per heavy atom. The average Bonchev–Trinajstić information content (AvgIpc) is 2.08. The molecule has 1 aliphatic carbocycles. The second-order valence-corrected chi connectivity index (χ2v) is 3.67. The van der Waals surface area contributed by atoms with Crippen LogP contribution in [0.2, 0.25) is 0 Å². The number of rotatable bonds is 2. The molecular weight excluding hydrogens is 168 g/mol. The Hall–Kier alpha value is -0.830. The third kappa shape index (κ3) is 2.84. The van der Waals surface area contributed by atoms with E-state index < -0.39 is 5.97 Å². The Morgan fingerprint density at radius 1 is 1.38 bits per heavy atom.